The number of sulfonamides is 1. The molecular weight excluding hydrogens is 507 g/mol. The Morgan fingerprint density at radius 3 is 2.32 bits per heavy atom. The van der Waals surface area contributed by atoms with Crippen molar-refractivity contribution in [3.63, 3.8) is 0 Å². The van der Waals surface area contributed by atoms with Crippen molar-refractivity contribution in [1.29, 1.82) is 0 Å². The molecule has 0 fully saturated rings. The lowest BCUT2D eigenvalue weighted by Gasteiger charge is -2.28. The first-order valence-electron chi connectivity index (χ1n) is 12.2. The molecule has 1 aliphatic heterocycles. The monoisotopic (exact) mass is 536 g/mol. The van der Waals surface area contributed by atoms with Crippen molar-refractivity contribution < 1.29 is 17.6 Å². The Balaban J connectivity index is 1.51. The maximum Gasteiger partial charge on any atom is 0.258 e. The summed E-state index contributed by atoms with van der Waals surface area (Å²) >= 11 is 0. The minimum atomic E-state index is -3.80. The molecule has 0 bridgehead atoms. The van der Waals surface area contributed by atoms with Crippen molar-refractivity contribution in [2.24, 2.45) is 14.1 Å². The highest BCUT2D eigenvalue weighted by molar-refractivity contribution is 7.89. The van der Waals surface area contributed by atoms with Gasteiger partial charge in [0.05, 0.1) is 23.6 Å². The number of carbonyl (C=O) groups is 1. The standard InChI is InChI=1S/C27H29FN6O3S/c1-18-26(19(2)31(3)29-18)38(36,37)33-15-14-25-23(16-33)24(30-32(25)4)17-34(22-8-6-5-7-9-22)27(35)20-10-12-21(28)13-11-20/h5-13H,14-17H2,1-4H3. The summed E-state index contributed by atoms with van der Waals surface area (Å²) in [5, 5.41) is 8.99. The molecule has 4 aromatic rings. The molecule has 0 N–H and O–H groups in total. The van der Waals surface area contributed by atoms with Crippen molar-refractivity contribution >= 4 is 21.6 Å². The van der Waals surface area contributed by atoms with Crippen LogP contribution in [0.4, 0.5) is 10.1 Å². The molecular formula is C27H29FN6O3S. The highest BCUT2D eigenvalue weighted by atomic mass is 32.2. The maximum absolute atomic E-state index is 13.7. The average molecular weight is 537 g/mol. The quantitative estimate of drug-likeness (QED) is 0.376. The third-order valence-electron chi connectivity index (χ3n) is 7.04. The van der Waals surface area contributed by atoms with Gasteiger partial charge in [-0.15, -0.1) is 0 Å². The minimum absolute atomic E-state index is 0.127. The number of halogens is 1. The molecule has 0 saturated heterocycles. The van der Waals surface area contributed by atoms with E-state index < -0.39 is 15.8 Å². The normalized spacial score (nSPS) is 13.9. The Labute approximate surface area is 221 Å². The molecule has 2 aromatic heterocycles. The zero-order valence-electron chi connectivity index (χ0n) is 21.7. The lowest BCUT2D eigenvalue weighted by Crippen LogP contribution is -2.37. The van der Waals surface area contributed by atoms with Crippen molar-refractivity contribution in [3.05, 3.63) is 94.3 Å². The van der Waals surface area contributed by atoms with Crippen LogP contribution in [0.2, 0.25) is 0 Å². The molecule has 1 aliphatic rings. The average Bonchev–Trinajstić information content (AvgIpc) is 3.36. The van der Waals surface area contributed by atoms with E-state index in [0.717, 1.165) is 11.3 Å². The van der Waals surface area contributed by atoms with Gasteiger partial charge in [-0.1, -0.05) is 18.2 Å². The second-order valence-electron chi connectivity index (χ2n) is 9.44. The first kappa shape index (κ1) is 25.8. The van der Waals surface area contributed by atoms with Crippen molar-refractivity contribution in [2.75, 3.05) is 11.4 Å². The molecule has 2 aromatic carbocycles. The Morgan fingerprint density at radius 2 is 1.68 bits per heavy atom. The van der Waals surface area contributed by atoms with Crippen LogP contribution in [-0.4, -0.2) is 44.7 Å². The van der Waals surface area contributed by atoms with E-state index in [0.29, 0.717) is 41.3 Å². The van der Waals surface area contributed by atoms with E-state index in [2.05, 4.69) is 5.10 Å². The third kappa shape index (κ3) is 4.52. The van der Waals surface area contributed by atoms with Crippen LogP contribution in [0.1, 0.15) is 38.7 Å². The van der Waals surface area contributed by atoms with E-state index in [4.69, 9.17) is 5.10 Å². The Hall–Kier alpha value is -3.83. The second-order valence-corrected chi connectivity index (χ2v) is 11.3. The number of nitrogens with zero attached hydrogens (tertiary/aromatic N) is 6. The number of fused-ring (bicyclic) bond motifs is 1. The van der Waals surface area contributed by atoms with Crippen molar-refractivity contribution in [3.8, 4) is 0 Å². The Morgan fingerprint density at radius 1 is 1.00 bits per heavy atom. The number of para-hydroxylation sites is 1. The van der Waals surface area contributed by atoms with Crippen LogP contribution >= 0.6 is 0 Å². The molecule has 0 atom stereocenters. The Kier molecular flexibility index (Phi) is 6.66. The number of carbonyl (C=O) groups excluding carboxylic acids is 1. The molecule has 0 unspecified atom stereocenters. The lowest BCUT2D eigenvalue weighted by atomic mass is 10.1. The largest absolute Gasteiger partial charge is 0.302 e. The number of hydrogen-bond acceptors (Lipinski definition) is 5. The summed E-state index contributed by atoms with van der Waals surface area (Å²) in [6, 6.07) is 14.6. The first-order valence-corrected chi connectivity index (χ1v) is 13.7. The lowest BCUT2D eigenvalue weighted by molar-refractivity contribution is 0.0984. The van der Waals surface area contributed by atoms with Gasteiger partial charge >= 0.3 is 0 Å². The molecule has 0 spiro atoms. The number of amides is 1. The SMILES string of the molecule is Cc1nn(C)c(C)c1S(=O)(=O)N1CCc2c(c(CN(C(=O)c3ccc(F)cc3)c3ccccc3)nn2C)C1. The van der Waals surface area contributed by atoms with Crippen LogP contribution in [0.25, 0.3) is 0 Å². The number of aromatic nitrogens is 4. The highest BCUT2D eigenvalue weighted by Gasteiger charge is 2.35. The minimum Gasteiger partial charge on any atom is -0.302 e. The number of hydrogen-bond donors (Lipinski definition) is 0. The summed E-state index contributed by atoms with van der Waals surface area (Å²) in [6.07, 6.45) is 0.494. The molecule has 11 heteroatoms. The van der Waals surface area contributed by atoms with Gasteiger partial charge in [0.2, 0.25) is 10.0 Å². The van der Waals surface area contributed by atoms with E-state index in [9.17, 15) is 17.6 Å². The molecule has 3 heterocycles. The van der Waals surface area contributed by atoms with E-state index in [1.54, 1.807) is 35.2 Å². The van der Waals surface area contributed by atoms with Gasteiger partial charge < -0.3 is 4.90 Å². The summed E-state index contributed by atoms with van der Waals surface area (Å²) in [7, 11) is -0.243. The smallest absolute Gasteiger partial charge is 0.258 e. The predicted molar refractivity (Wildman–Crippen MR) is 141 cm³/mol. The zero-order chi connectivity index (χ0) is 27.2. The summed E-state index contributed by atoms with van der Waals surface area (Å²) in [5.41, 5.74) is 4.38. The summed E-state index contributed by atoms with van der Waals surface area (Å²) in [5.74, 6) is -0.732. The zero-order valence-corrected chi connectivity index (χ0v) is 22.5. The van der Waals surface area contributed by atoms with Crippen LogP contribution in [0, 0.1) is 19.7 Å². The third-order valence-corrected chi connectivity index (χ3v) is 9.14. The number of aryl methyl sites for hydroxylation is 3. The number of benzene rings is 2. The summed E-state index contributed by atoms with van der Waals surface area (Å²) < 4.78 is 45.7. The molecule has 0 aliphatic carbocycles. The van der Waals surface area contributed by atoms with Gasteiger partial charge in [-0.2, -0.15) is 14.5 Å². The summed E-state index contributed by atoms with van der Waals surface area (Å²) in [4.78, 5) is 15.4. The van der Waals surface area contributed by atoms with E-state index in [1.807, 2.05) is 37.4 Å². The van der Waals surface area contributed by atoms with Gasteiger partial charge in [-0.3, -0.25) is 14.2 Å². The van der Waals surface area contributed by atoms with Crippen LogP contribution in [0.5, 0.6) is 0 Å². The van der Waals surface area contributed by atoms with Gasteiger partial charge in [0.1, 0.15) is 10.7 Å². The molecule has 38 heavy (non-hydrogen) atoms. The van der Waals surface area contributed by atoms with Crippen LogP contribution in [-0.2, 0) is 43.6 Å². The van der Waals surface area contributed by atoms with Gasteiger partial charge in [-0.25, -0.2) is 12.8 Å². The molecule has 1 amide bonds. The molecule has 0 radical (unpaired) electrons. The number of anilines is 1. The van der Waals surface area contributed by atoms with Crippen LogP contribution in [0.3, 0.4) is 0 Å². The fourth-order valence-corrected chi connectivity index (χ4v) is 6.83. The van der Waals surface area contributed by atoms with E-state index in [-0.39, 0.29) is 23.9 Å². The topological polar surface area (TPSA) is 93.3 Å². The van der Waals surface area contributed by atoms with Crippen molar-refractivity contribution in [1.82, 2.24) is 23.9 Å². The van der Waals surface area contributed by atoms with Gasteiger partial charge in [0.15, 0.2) is 0 Å². The van der Waals surface area contributed by atoms with Gasteiger partial charge in [0, 0.05) is 56.1 Å². The van der Waals surface area contributed by atoms with E-state index >= 15 is 0 Å². The van der Waals surface area contributed by atoms with Crippen LogP contribution < -0.4 is 4.90 Å². The Bertz CT molecular complexity index is 1610. The fraction of sp³-hybridized carbons (Fsp3) is 0.296. The fourth-order valence-electron chi connectivity index (χ4n) is 5.02. The molecule has 0 saturated carbocycles. The first-order chi connectivity index (χ1) is 18.1. The second kappa shape index (κ2) is 9.80. The highest BCUT2D eigenvalue weighted by Crippen LogP contribution is 2.31. The van der Waals surface area contributed by atoms with Gasteiger partial charge in [0.25, 0.3) is 5.91 Å². The maximum atomic E-state index is 13.7. The number of rotatable bonds is 6. The molecule has 9 nitrogen and oxygen atoms in total. The van der Waals surface area contributed by atoms with Gasteiger partial charge in [-0.05, 0) is 50.2 Å². The molecule has 198 valence electrons. The predicted octanol–water partition coefficient (Wildman–Crippen LogP) is 3.50. The molecule has 5 rings (SSSR count). The summed E-state index contributed by atoms with van der Waals surface area (Å²) in [6.45, 7) is 4.03. The van der Waals surface area contributed by atoms with Crippen molar-refractivity contribution in [2.45, 2.75) is 38.3 Å². The van der Waals surface area contributed by atoms with E-state index in [1.165, 1.54) is 28.6 Å². The van der Waals surface area contributed by atoms with Crippen LogP contribution in [0.15, 0.2) is 59.5 Å².